The van der Waals surface area contributed by atoms with Crippen molar-refractivity contribution in [3.63, 3.8) is 0 Å². The Morgan fingerprint density at radius 1 is 0.867 bits per heavy atom. The molecule has 0 heterocycles. The molecule has 15 heavy (non-hydrogen) atoms. The topological polar surface area (TPSA) is 115 Å². The summed E-state index contributed by atoms with van der Waals surface area (Å²) in [5.74, 6) is 0. The summed E-state index contributed by atoms with van der Waals surface area (Å²) in [6, 6.07) is 0. The van der Waals surface area contributed by atoms with Gasteiger partial charge in [-0.3, -0.25) is 0 Å². The van der Waals surface area contributed by atoms with E-state index in [9.17, 15) is 0 Å². The van der Waals surface area contributed by atoms with Gasteiger partial charge in [-0.2, -0.15) is 0 Å². The van der Waals surface area contributed by atoms with Crippen LogP contribution in [-0.4, -0.2) is 32.7 Å². The molecule has 2 aliphatic rings. The number of hydrogen-bond acceptors (Lipinski definition) is 2. The quantitative estimate of drug-likeness (QED) is 0.491. The molecule has 0 atom stereocenters. The van der Waals surface area contributed by atoms with Gasteiger partial charge in [0.15, 0.2) is 0 Å². The van der Waals surface area contributed by atoms with Gasteiger partial charge < -0.3 is 20.4 Å². The highest BCUT2D eigenvalue weighted by molar-refractivity contribution is 5.53. The van der Waals surface area contributed by atoms with Gasteiger partial charge >= 0.3 is 12.3 Å². The second-order valence-corrected chi connectivity index (χ2v) is 2.56. The van der Waals surface area contributed by atoms with Gasteiger partial charge in [0.1, 0.15) is 0 Å². The molecular weight excluding hydrogens is 204 g/mol. The first kappa shape index (κ1) is 12.8. The molecule has 82 valence electrons. The van der Waals surface area contributed by atoms with Gasteiger partial charge in [-0.15, -0.1) is 0 Å². The highest BCUT2D eigenvalue weighted by Crippen LogP contribution is 2.27. The SMILES string of the molecule is C1=CC2=CC=C1C2.O=C(O)O.O=C(O)O. The number of allylic oxidation sites excluding steroid dienone is 6. The second kappa shape index (κ2) is 6.25. The lowest BCUT2D eigenvalue weighted by Crippen LogP contribution is -1.81. The van der Waals surface area contributed by atoms with Crippen molar-refractivity contribution in [2.24, 2.45) is 0 Å². The molecule has 0 aromatic carbocycles. The summed E-state index contributed by atoms with van der Waals surface area (Å²) in [6.07, 6.45) is 6.23. The Balaban J connectivity index is 0.000000216. The smallest absolute Gasteiger partial charge is 0.450 e. The lowest BCUT2D eigenvalue weighted by atomic mass is 10.3. The summed E-state index contributed by atoms with van der Waals surface area (Å²) in [5, 5.41) is 27.9. The van der Waals surface area contributed by atoms with E-state index in [4.69, 9.17) is 30.0 Å². The van der Waals surface area contributed by atoms with E-state index in [1.165, 1.54) is 17.6 Å². The summed E-state index contributed by atoms with van der Waals surface area (Å²) in [5.41, 5.74) is 2.94. The molecule has 2 rings (SSSR count). The summed E-state index contributed by atoms with van der Waals surface area (Å²) in [6.45, 7) is 0. The van der Waals surface area contributed by atoms with Crippen molar-refractivity contribution < 1.29 is 30.0 Å². The summed E-state index contributed by atoms with van der Waals surface area (Å²) < 4.78 is 0. The molecule has 0 fully saturated rings. The number of fused-ring (bicyclic) bond motifs is 2. The maximum Gasteiger partial charge on any atom is 0.503 e. The van der Waals surface area contributed by atoms with Gasteiger partial charge in [-0.25, -0.2) is 9.59 Å². The van der Waals surface area contributed by atoms with E-state index < -0.39 is 12.3 Å². The van der Waals surface area contributed by atoms with Crippen LogP contribution < -0.4 is 0 Å². The van der Waals surface area contributed by atoms with Gasteiger partial charge in [0.2, 0.25) is 0 Å². The van der Waals surface area contributed by atoms with Crippen LogP contribution in [0.25, 0.3) is 0 Å². The van der Waals surface area contributed by atoms with Crippen LogP contribution in [0.1, 0.15) is 6.42 Å². The molecule has 0 amide bonds. The third-order valence-corrected chi connectivity index (χ3v) is 1.43. The van der Waals surface area contributed by atoms with E-state index in [-0.39, 0.29) is 0 Å². The Labute approximate surface area is 85.1 Å². The zero-order valence-corrected chi connectivity index (χ0v) is 7.62. The normalized spacial score (nSPS) is 13.9. The van der Waals surface area contributed by atoms with Crippen molar-refractivity contribution in [3.8, 4) is 0 Å². The molecule has 0 saturated heterocycles. The number of rotatable bonds is 0. The molecule has 0 radical (unpaired) electrons. The van der Waals surface area contributed by atoms with Gasteiger partial charge in [-0.1, -0.05) is 24.3 Å². The molecule has 2 bridgehead atoms. The van der Waals surface area contributed by atoms with Gasteiger partial charge in [0.05, 0.1) is 0 Å². The summed E-state index contributed by atoms with van der Waals surface area (Å²) in [7, 11) is 0. The van der Waals surface area contributed by atoms with E-state index in [0.29, 0.717) is 0 Å². The highest BCUT2D eigenvalue weighted by atomic mass is 16.6. The van der Waals surface area contributed by atoms with Crippen molar-refractivity contribution >= 4 is 12.3 Å². The summed E-state index contributed by atoms with van der Waals surface area (Å²) in [4.78, 5) is 17.1. The van der Waals surface area contributed by atoms with E-state index in [2.05, 4.69) is 24.3 Å². The van der Waals surface area contributed by atoms with E-state index in [1.54, 1.807) is 0 Å². The van der Waals surface area contributed by atoms with Crippen molar-refractivity contribution in [2.45, 2.75) is 6.42 Å². The van der Waals surface area contributed by atoms with E-state index in [0.717, 1.165) is 0 Å². The minimum atomic E-state index is -1.83. The average Bonchev–Trinajstić information content (AvgIpc) is 2.62. The van der Waals surface area contributed by atoms with E-state index in [1.807, 2.05) is 0 Å². The Hall–Kier alpha value is -2.24. The Kier molecular flexibility index (Phi) is 5.32. The molecule has 0 spiro atoms. The molecular formula is C9H10O6. The first-order chi connectivity index (χ1) is 6.91. The standard InChI is InChI=1S/C7H6.2CH2O3/c1-2-7-4-3-6(1)5-7;2*2-1(3)4/h1-4H,5H2;2*(H2,2,3,4). The number of hydrogen-bond donors (Lipinski definition) is 4. The van der Waals surface area contributed by atoms with Crippen LogP contribution in [0, 0.1) is 0 Å². The predicted molar refractivity (Wildman–Crippen MR) is 51.2 cm³/mol. The largest absolute Gasteiger partial charge is 0.503 e. The Bertz CT molecular complexity index is 297. The van der Waals surface area contributed by atoms with Gasteiger partial charge in [-0.05, 0) is 17.6 Å². The summed E-state index contributed by atoms with van der Waals surface area (Å²) >= 11 is 0. The van der Waals surface area contributed by atoms with Crippen molar-refractivity contribution in [1.29, 1.82) is 0 Å². The fourth-order valence-electron chi connectivity index (χ4n) is 1.01. The van der Waals surface area contributed by atoms with Crippen LogP contribution >= 0.6 is 0 Å². The lowest BCUT2D eigenvalue weighted by Gasteiger charge is -1.77. The van der Waals surface area contributed by atoms with Gasteiger partial charge in [0.25, 0.3) is 0 Å². The fraction of sp³-hybridized carbons (Fsp3) is 0.111. The molecule has 0 unspecified atom stereocenters. The van der Waals surface area contributed by atoms with Crippen molar-refractivity contribution in [3.05, 3.63) is 35.5 Å². The molecule has 6 nitrogen and oxygen atoms in total. The van der Waals surface area contributed by atoms with Crippen LogP contribution in [0.4, 0.5) is 9.59 Å². The maximum absolute atomic E-state index is 8.56. The minimum Gasteiger partial charge on any atom is -0.450 e. The molecule has 6 heteroatoms. The first-order valence-electron chi connectivity index (χ1n) is 3.83. The maximum atomic E-state index is 8.56. The monoisotopic (exact) mass is 214 g/mol. The van der Waals surface area contributed by atoms with Crippen LogP contribution in [0.15, 0.2) is 35.5 Å². The predicted octanol–water partition coefficient (Wildman–Crippen LogP) is 2.26. The molecule has 0 aliphatic heterocycles. The number of carboxylic acid groups (broad SMARTS) is 4. The van der Waals surface area contributed by atoms with Crippen LogP contribution in [0.2, 0.25) is 0 Å². The molecule has 0 saturated carbocycles. The fourth-order valence-corrected chi connectivity index (χ4v) is 1.01. The second-order valence-electron chi connectivity index (χ2n) is 2.56. The van der Waals surface area contributed by atoms with Crippen LogP contribution in [0.3, 0.4) is 0 Å². The minimum absolute atomic E-state index is 1.19. The van der Waals surface area contributed by atoms with Crippen LogP contribution in [0.5, 0.6) is 0 Å². The molecule has 0 aromatic heterocycles. The highest BCUT2D eigenvalue weighted by Gasteiger charge is 2.07. The zero-order chi connectivity index (χ0) is 11.8. The molecule has 0 aromatic rings. The number of carbonyl (C=O) groups is 2. The van der Waals surface area contributed by atoms with Crippen molar-refractivity contribution in [1.82, 2.24) is 0 Å². The molecule has 4 N–H and O–H groups in total. The Morgan fingerprint density at radius 3 is 1.20 bits per heavy atom. The van der Waals surface area contributed by atoms with Crippen LogP contribution in [-0.2, 0) is 0 Å². The molecule has 2 aliphatic carbocycles. The van der Waals surface area contributed by atoms with E-state index >= 15 is 0 Å². The first-order valence-corrected chi connectivity index (χ1v) is 3.83. The third kappa shape index (κ3) is 8.10. The average molecular weight is 214 g/mol. The lowest BCUT2D eigenvalue weighted by molar-refractivity contribution is 0.135. The zero-order valence-electron chi connectivity index (χ0n) is 7.62. The Morgan fingerprint density at radius 2 is 1.13 bits per heavy atom. The third-order valence-electron chi connectivity index (χ3n) is 1.43. The van der Waals surface area contributed by atoms with Crippen molar-refractivity contribution in [2.75, 3.05) is 0 Å². The van der Waals surface area contributed by atoms with Gasteiger partial charge in [0, 0.05) is 0 Å².